The molecule has 3 rings (SSSR count). The highest BCUT2D eigenvalue weighted by Crippen LogP contribution is 2.28. The van der Waals surface area contributed by atoms with Gasteiger partial charge in [0.25, 0.3) is 0 Å². The molecule has 1 aromatic carbocycles. The second kappa shape index (κ2) is 9.49. The summed E-state index contributed by atoms with van der Waals surface area (Å²) in [4.78, 5) is 7.86. The van der Waals surface area contributed by atoms with Gasteiger partial charge in [-0.1, -0.05) is 48.9 Å². The number of anilines is 1. The lowest BCUT2D eigenvalue weighted by Gasteiger charge is -2.12. The average Bonchev–Trinajstić information content (AvgIpc) is 3.13. The maximum atomic E-state index is 13.3. The number of nitrogens with one attached hydrogen (secondary N) is 1. The molecule has 154 valence electrons. The summed E-state index contributed by atoms with van der Waals surface area (Å²) >= 11 is 0. The van der Waals surface area contributed by atoms with Crippen molar-refractivity contribution in [3.63, 3.8) is 0 Å². The smallest absolute Gasteiger partial charge is 0.354 e. The summed E-state index contributed by atoms with van der Waals surface area (Å²) in [6.07, 6.45) is 0.654. The fourth-order valence-electron chi connectivity index (χ4n) is 2.82. The van der Waals surface area contributed by atoms with Gasteiger partial charge in [-0.25, -0.2) is 14.6 Å². The van der Waals surface area contributed by atoms with Gasteiger partial charge in [0.15, 0.2) is 0 Å². The van der Waals surface area contributed by atoms with Gasteiger partial charge in [0, 0.05) is 12.7 Å². The van der Waals surface area contributed by atoms with E-state index in [1.165, 1.54) is 4.68 Å². The Kier molecular flexibility index (Phi) is 6.79. The maximum absolute atomic E-state index is 13.3. The molecule has 0 fully saturated rings. The molecule has 29 heavy (non-hydrogen) atoms. The van der Waals surface area contributed by atoms with Crippen molar-refractivity contribution in [2.24, 2.45) is 0 Å². The molecule has 0 atom stereocenters. The third-order valence-corrected chi connectivity index (χ3v) is 4.31. The van der Waals surface area contributed by atoms with Gasteiger partial charge in [-0.15, -0.1) is 5.10 Å². The van der Waals surface area contributed by atoms with Crippen LogP contribution in [-0.2, 0) is 25.6 Å². The van der Waals surface area contributed by atoms with E-state index in [0.717, 1.165) is 36.6 Å². The molecule has 0 unspecified atom stereocenters. The fraction of sp³-hybridized carbons (Fsp3) is 0.400. The average molecular weight is 404 g/mol. The Bertz CT molecular complexity index is 908. The van der Waals surface area contributed by atoms with Crippen molar-refractivity contribution < 1.29 is 13.2 Å². The van der Waals surface area contributed by atoms with Crippen LogP contribution in [0, 0.1) is 0 Å². The Balaban J connectivity index is 1.72. The number of benzene rings is 1. The van der Waals surface area contributed by atoms with Crippen molar-refractivity contribution >= 4 is 5.95 Å². The van der Waals surface area contributed by atoms with Crippen LogP contribution in [0.25, 0.3) is 0 Å². The van der Waals surface area contributed by atoms with Crippen molar-refractivity contribution in [3.8, 4) is 0 Å². The van der Waals surface area contributed by atoms with E-state index >= 15 is 0 Å². The summed E-state index contributed by atoms with van der Waals surface area (Å²) in [5.41, 5.74) is 1.14. The number of hydrogen-bond donors (Lipinski definition) is 1. The van der Waals surface area contributed by atoms with Gasteiger partial charge in [-0.2, -0.15) is 13.2 Å². The summed E-state index contributed by atoms with van der Waals surface area (Å²) in [5.74, 6) is -0.0444. The van der Waals surface area contributed by atoms with E-state index in [1.54, 1.807) is 6.20 Å². The lowest BCUT2D eigenvalue weighted by molar-refractivity contribution is -0.141. The first-order valence-corrected chi connectivity index (χ1v) is 9.56. The molecule has 0 aliphatic rings. The molecule has 0 radical (unpaired) electrons. The minimum Gasteiger partial charge on any atom is -0.354 e. The predicted molar refractivity (Wildman–Crippen MR) is 103 cm³/mol. The van der Waals surface area contributed by atoms with Gasteiger partial charge < -0.3 is 5.32 Å². The van der Waals surface area contributed by atoms with E-state index < -0.39 is 11.9 Å². The minimum absolute atomic E-state index is 0.0444. The first kappa shape index (κ1) is 20.8. The monoisotopic (exact) mass is 404 g/mol. The van der Waals surface area contributed by atoms with E-state index in [1.807, 2.05) is 30.3 Å². The first-order chi connectivity index (χ1) is 13.9. The molecule has 2 aromatic heterocycles. The van der Waals surface area contributed by atoms with Crippen molar-refractivity contribution in [3.05, 3.63) is 65.2 Å². The van der Waals surface area contributed by atoms with Crippen LogP contribution < -0.4 is 5.32 Å². The molecule has 3 aromatic rings. The van der Waals surface area contributed by atoms with Crippen LogP contribution in [0.15, 0.2) is 42.6 Å². The standard InChI is InChI=1S/C20H23F3N6/c1-2-3-9-16-13-29(28-27-16)14-17-12-18(20(21,22)23)26-19(25-17)24-11-10-15-7-5-4-6-8-15/h4-8,12-13H,2-3,9-11,14H2,1H3,(H,24,25,26). The second-order valence-corrected chi connectivity index (χ2v) is 6.74. The zero-order chi connectivity index (χ0) is 20.7. The quantitative estimate of drug-likeness (QED) is 0.581. The van der Waals surface area contributed by atoms with Gasteiger partial charge in [-0.05, 0) is 30.9 Å². The van der Waals surface area contributed by atoms with E-state index in [0.29, 0.717) is 13.0 Å². The van der Waals surface area contributed by atoms with E-state index in [4.69, 9.17) is 0 Å². The first-order valence-electron chi connectivity index (χ1n) is 9.56. The molecule has 0 amide bonds. The highest BCUT2D eigenvalue weighted by Gasteiger charge is 2.33. The van der Waals surface area contributed by atoms with Crippen LogP contribution in [0.1, 0.15) is 42.4 Å². The normalized spacial score (nSPS) is 11.6. The SMILES string of the molecule is CCCCc1cn(Cc2cc(C(F)(F)F)nc(NCCc3ccccc3)n2)nn1. The molecule has 2 heterocycles. The Morgan fingerprint density at radius 2 is 1.83 bits per heavy atom. The molecule has 0 saturated heterocycles. The van der Waals surface area contributed by atoms with Gasteiger partial charge in [0.2, 0.25) is 5.95 Å². The van der Waals surface area contributed by atoms with E-state index in [-0.39, 0.29) is 18.2 Å². The number of hydrogen-bond acceptors (Lipinski definition) is 5. The Morgan fingerprint density at radius 3 is 2.55 bits per heavy atom. The molecular weight excluding hydrogens is 381 g/mol. The van der Waals surface area contributed by atoms with Gasteiger partial charge in [-0.3, -0.25) is 0 Å². The number of aryl methyl sites for hydroxylation is 1. The molecule has 1 N–H and O–H groups in total. The van der Waals surface area contributed by atoms with Crippen LogP contribution in [0.3, 0.4) is 0 Å². The summed E-state index contributed by atoms with van der Waals surface area (Å²) in [6, 6.07) is 10.6. The molecule has 0 bridgehead atoms. The zero-order valence-corrected chi connectivity index (χ0v) is 16.2. The second-order valence-electron chi connectivity index (χ2n) is 6.74. The largest absolute Gasteiger partial charge is 0.433 e. The maximum Gasteiger partial charge on any atom is 0.433 e. The minimum atomic E-state index is -4.55. The molecule has 0 aliphatic carbocycles. The van der Waals surface area contributed by atoms with Crippen LogP contribution in [0.5, 0.6) is 0 Å². The predicted octanol–water partition coefficient (Wildman–Crippen LogP) is 4.13. The van der Waals surface area contributed by atoms with E-state index in [9.17, 15) is 13.2 Å². The van der Waals surface area contributed by atoms with E-state index in [2.05, 4.69) is 32.5 Å². The Morgan fingerprint density at radius 1 is 1.03 bits per heavy atom. The number of halogens is 3. The highest BCUT2D eigenvalue weighted by atomic mass is 19.4. The summed E-state index contributed by atoms with van der Waals surface area (Å²) in [7, 11) is 0. The van der Waals surface area contributed by atoms with Crippen LogP contribution in [0.2, 0.25) is 0 Å². The van der Waals surface area contributed by atoms with Crippen LogP contribution in [-0.4, -0.2) is 31.5 Å². The lowest BCUT2D eigenvalue weighted by Crippen LogP contribution is -2.16. The Labute approximate surface area is 167 Å². The molecule has 0 spiro atoms. The van der Waals surface area contributed by atoms with Crippen LogP contribution in [0.4, 0.5) is 19.1 Å². The summed E-state index contributed by atoms with van der Waals surface area (Å²) in [6.45, 7) is 2.60. The summed E-state index contributed by atoms with van der Waals surface area (Å²) in [5, 5.41) is 10.9. The molecule has 9 heteroatoms. The number of nitrogens with zero attached hydrogens (tertiary/aromatic N) is 5. The van der Waals surface area contributed by atoms with Gasteiger partial charge in [0.05, 0.1) is 17.9 Å². The molecule has 0 saturated carbocycles. The van der Waals surface area contributed by atoms with Gasteiger partial charge >= 0.3 is 6.18 Å². The molecule has 0 aliphatic heterocycles. The Hall–Kier alpha value is -2.97. The van der Waals surface area contributed by atoms with Crippen molar-refractivity contribution in [1.29, 1.82) is 0 Å². The third-order valence-electron chi connectivity index (χ3n) is 4.31. The third kappa shape index (κ3) is 6.27. The number of aromatic nitrogens is 5. The molecule has 6 nitrogen and oxygen atoms in total. The highest BCUT2D eigenvalue weighted by molar-refractivity contribution is 5.30. The molecular formula is C20H23F3N6. The zero-order valence-electron chi connectivity index (χ0n) is 16.2. The van der Waals surface area contributed by atoms with Gasteiger partial charge in [0.1, 0.15) is 5.69 Å². The van der Waals surface area contributed by atoms with Crippen molar-refractivity contribution in [1.82, 2.24) is 25.0 Å². The van der Waals surface area contributed by atoms with Crippen molar-refractivity contribution in [2.75, 3.05) is 11.9 Å². The topological polar surface area (TPSA) is 68.5 Å². The fourth-order valence-corrected chi connectivity index (χ4v) is 2.82. The number of unbranched alkanes of at least 4 members (excludes halogenated alkanes) is 1. The number of rotatable bonds is 9. The van der Waals surface area contributed by atoms with Crippen molar-refractivity contribution in [2.45, 2.75) is 45.3 Å². The van der Waals surface area contributed by atoms with Crippen LogP contribution >= 0.6 is 0 Å². The summed E-state index contributed by atoms with van der Waals surface area (Å²) < 4.78 is 41.3. The lowest BCUT2D eigenvalue weighted by atomic mass is 10.1. The number of alkyl halides is 3.